The molecular weight excluding hydrogens is 297 g/mol. The number of carboxylic acids is 1. The minimum atomic E-state index is -0.826. The Bertz CT molecular complexity index is 602. The summed E-state index contributed by atoms with van der Waals surface area (Å²) in [6.07, 6.45) is 3.73. The summed E-state index contributed by atoms with van der Waals surface area (Å²) in [6.45, 7) is 2.39. The summed E-state index contributed by atoms with van der Waals surface area (Å²) in [5.74, 6) is -1.12. The van der Waals surface area contributed by atoms with E-state index >= 15 is 0 Å². The highest BCUT2D eigenvalue weighted by atomic mass is 19.1. The smallest absolute Gasteiger partial charge is 0.320 e. The number of benzene rings is 1. The topological polar surface area (TPSA) is 57.6 Å². The van der Waals surface area contributed by atoms with Gasteiger partial charge in [-0.25, -0.2) is 4.39 Å². The van der Waals surface area contributed by atoms with Crippen LogP contribution in [-0.2, 0) is 9.59 Å². The lowest BCUT2D eigenvalue weighted by Crippen LogP contribution is -2.44. The molecule has 124 valence electrons. The molecule has 2 aliphatic rings. The van der Waals surface area contributed by atoms with Crippen LogP contribution in [0.25, 0.3) is 0 Å². The predicted octanol–water partition coefficient (Wildman–Crippen LogP) is 2.68. The Morgan fingerprint density at radius 1 is 1.48 bits per heavy atom. The first-order chi connectivity index (χ1) is 11.0. The van der Waals surface area contributed by atoms with E-state index in [0.29, 0.717) is 18.9 Å². The van der Waals surface area contributed by atoms with E-state index in [0.717, 1.165) is 24.7 Å². The van der Waals surface area contributed by atoms with E-state index in [-0.39, 0.29) is 23.7 Å². The van der Waals surface area contributed by atoms with Gasteiger partial charge in [-0.05, 0) is 37.0 Å². The lowest BCUT2D eigenvalue weighted by Gasteiger charge is -2.29. The predicted molar refractivity (Wildman–Crippen MR) is 83.6 cm³/mol. The summed E-state index contributed by atoms with van der Waals surface area (Å²) in [5.41, 5.74) is 0.770. The monoisotopic (exact) mass is 319 g/mol. The molecule has 1 aliphatic heterocycles. The Kier molecular flexibility index (Phi) is 4.48. The number of nitrogens with zero attached hydrogens (tertiary/aromatic N) is 1. The van der Waals surface area contributed by atoms with Crippen LogP contribution in [0, 0.1) is 17.7 Å². The third-order valence-corrected chi connectivity index (χ3v) is 5.33. The normalized spacial score (nSPS) is 29.4. The number of halogens is 1. The summed E-state index contributed by atoms with van der Waals surface area (Å²) >= 11 is 0. The molecule has 23 heavy (non-hydrogen) atoms. The number of aliphatic carboxylic acids is 1. The zero-order chi connectivity index (χ0) is 16.6. The van der Waals surface area contributed by atoms with E-state index in [1.165, 1.54) is 12.1 Å². The molecule has 1 N–H and O–H groups in total. The van der Waals surface area contributed by atoms with Crippen molar-refractivity contribution >= 4 is 12.3 Å². The second kappa shape index (κ2) is 6.40. The molecule has 4 atom stereocenters. The minimum absolute atomic E-state index is 0.152. The SMILES string of the molecule is CC1C(C=O)C(c2cccc(F)c2)CN1[C@H](CC1CC1)C(=O)O. The van der Waals surface area contributed by atoms with Crippen LogP contribution in [0.1, 0.15) is 37.7 Å². The maximum atomic E-state index is 13.5. The summed E-state index contributed by atoms with van der Waals surface area (Å²) in [5, 5.41) is 9.60. The van der Waals surface area contributed by atoms with Crippen LogP contribution >= 0.6 is 0 Å². The number of hydrogen-bond donors (Lipinski definition) is 1. The molecule has 1 heterocycles. The Balaban J connectivity index is 1.85. The van der Waals surface area contributed by atoms with Crippen molar-refractivity contribution in [2.24, 2.45) is 11.8 Å². The van der Waals surface area contributed by atoms with Crippen molar-refractivity contribution in [1.29, 1.82) is 0 Å². The van der Waals surface area contributed by atoms with Gasteiger partial charge in [0, 0.05) is 24.4 Å². The molecule has 3 rings (SSSR count). The van der Waals surface area contributed by atoms with Crippen molar-refractivity contribution in [2.45, 2.75) is 44.2 Å². The van der Waals surface area contributed by atoms with Gasteiger partial charge >= 0.3 is 5.97 Å². The van der Waals surface area contributed by atoms with Gasteiger partial charge in [0.05, 0.1) is 0 Å². The number of aldehydes is 1. The van der Waals surface area contributed by atoms with Gasteiger partial charge in [0.25, 0.3) is 0 Å². The Labute approximate surface area is 135 Å². The molecule has 4 nitrogen and oxygen atoms in total. The molecule has 3 unspecified atom stereocenters. The molecule has 1 saturated carbocycles. The first-order valence-electron chi connectivity index (χ1n) is 8.20. The van der Waals surface area contributed by atoms with Gasteiger partial charge in [-0.1, -0.05) is 25.0 Å². The van der Waals surface area contributed by atoms with Gasteiger partial charge in [0.15, 0.2) is 0 Å². The van der Waals surface area contributed by atoms with Gasteiger partial charge in [-0.15, -0.1) is 0 Å². The molecule has 1 aliphatic carbocycles. The van der Waals surface area contributed by atoms with Gasteiger partial charge in [0.2, 0.25) is 0 Å². The number of carbonyl (C=O) groups excluding carboxylic acids is 1. The lowest BCUT2D eigenvalue weighted by atomic mass is 9.87. The van der Waals surface area contributed by atoms with E-state index in [1.54, 1.807) is 6.07 Å². The molecule has 0 aromatic heterocycles. The summed E-state index contributed by atoms with van der Waals surface area (Å²) in [4.78, 5) is 25.2. The summed E-state index contributed by atoms with van der Waals surface area (Å²) in [6, 6.07) is 5.58. The Hall–Kier alpha value is -1.75. The quantitative estimate of drug-likeness (QED) is 0.819. The lowest BCUT2D eigenvalue weighted by molar-refractivity contribution is -0.144. The van der Waals surface area contributed by atoms with E-state index in [9.17, 15) is 19.1 Å². The fourth-order valence-corrected chi connectivity index (χ4v) is 3.80. The second-order valence-corrected chi connectivity index (χ2v) is 6.85. The van der Waals surface area contributed by atoms with Crippen molar-refractivity contribution < 1.29 is 19.1 Å². The molecule has 0 spiro atoms. The number of rotatable bonds is 6. The van der Waals surface area contributed by atoms with E-state index in [4.69, 9.17) is 0 Å². The fourth-order valence-electron chi connectivity index (χ4n) is 3.80. The molecule has 1 saturated heterocycles. The van der Waals surface area contributed by atoms with E-state index in [2.05, 4.69) is 0 Å². The maximum absolute atomic E-state index is 13.5. The van der Waals surface area contributed by atoms with Crippen molar-refractivity contribution in [3.63, 3.8) is 0 Å². The second-order valence-electron chi connectivity index (χ2n) is 6.85. The highest BCUT2D eigenvalue weighted by molar-refractivity contribution is 5.74. The zero-order valence-electron chi connectivity index (χ0n) is 13.2. The van der Waals surface area contributed by atoms with Crippen LogP contribution < -0.4 is 0 Å². The van der Waals surface area contributed by atoms with E-state index in [1.807, 2.05) is 17.9 Å². The third kappa shape index (κ3) is 3.29. The van der Waals surface area contributed by atoms with Crippen LogP contribution in [0.15, 0.2) is 24.3 Å². The van der Waals surface area contributed by atoms with Gasteiger partial charge in [0.1, 0.15) is 18.1 Å². The van der Waals surface area contributed by atoms with Crippen LogP contribution in [0.2, 0.25) is 0 Å². The van der Waals surface area contributed by atoms with Crippen LogP contribution in [0.5, 0.6) is 0 Å². The Morgan fingerprint density at radius 2 is 2.22 bits per heavy atom. The number of hydrogen-bond acceptors (Lipinski definition) is 3. The summed E-state index contributed by atoms with van der Waals surface area (Å²) < 4.78 is 13.5. The number of carbonyl (C=O) groups is 2. The molecule has 0 radical (unpaired) electrons. The molecule has 5 heteroatoms. The van der Waals surface area contributed by atoms with Crippen LogP contribution in [-0.4, -0.2) is 40.9 Å². The highest BCUT2D eigenvalue weighted by Gasteiger charge is 2.45. The van der Waals surface area contributed by atoms with Crippen LogP contribution in [0.4, 0.5) is 4.39 Å². The highest BCUT2D eigenvalue weighted by Crippen LogP contribution is 2.41. The molecule has 0 bridgehead atoms. The maximum Gasteiger partial charge on any atom is 0.320 e. The van der Waals surface area contributed by atoms with Crippen molar-refractivity contribution in [2.75, 3.05) is 6.54 Å². The standard InChI is InChI=1S/C18H22FNO3/c1-11-16(10-21)15(13-3-2-4-14(19)8-13)9-20(11)17(18(22)23)7-12-5-6-12/h2-4,8,10-12,15-17H,5-7,9H2,1H3,(H,22,23)/t11?,15?,16?,17-/m1/s1. The number of likely N-dealkylation sites (tertiary alicyclic amines) is 1. The fraction of sp³-hybridized carbons (Fsp3) is 0.556. The number of carboxylic acid groups (broad SMARTS) is 1. The summed E-state index contributed by atoms with van der Waals surface area (Å²) in [7, 11) is 0. The third-order valence-electron chi connectivity index (χ3n) is 5.33. The van der Waals surface area contributed by atoms with Gasteiger partial charge in [-0.2, -0.15) is 0 Å². The average molecular weight is 319 g/mol. The first kappa shape index (κ1) is 16.1. The van der Waals surface area contributed by atoms with Gasteiger partial charge < -0.3 is 9.90 Å². The molecule has 1 aromatic carbocycles. The minimum Gasteiger partial charge on any atom is -0.480 e. The largest absolute Gasteiger partial charge is 0.480 e. The van der Waals surface area contributed by atoms with Crippen molar-refractivity contribution in [1.82, 2.24) is 4.90 Å². The van der Waals surface area contributed by atoms with Crippen molar-refractivity contribution in [3.05, 3.63) is 35.6 Å². The van der Waals surface area contributed by atoms with Crippen molar-refractivity contribution in [3.8, 4) is 0 Å². The zero-order valence-corrected chi connectivity index (χ0v) is 13.2. The Morgan fingerprint density at radius 3 is 2.78 bits per heavy atom. The molecule has 2 fully saturated rings. The van der Waals surface area contributed by atoms with E-state index < -0.39 is 12.0 Å². The molecular formula is C18H22FNO3. The molecule has 0 amide bonds. The first-order valence-corrected chi connectivity index (χ1v) is 8.20. The van der Waals surface area contributed by atoms with Gasteiger partial charge in [-0.3, -0.25) is 9.69 Å². The van der Waals surface area contributed by atoms with Crippen LogP contribution in [0.3, 0.4) is 0 Å². The molecule has 1 aromatic rings. The average Bonchev–Trinajstić information content (AvgIpc) is 3.27.